The van der Waals surface area contributed by atoms with Crippen molar-refractivity contribution in [1.29, 1.82) is 0 Å². The lowest BCUT2D eigenvalue weighted by Crippen LogP contribution is -2.46. The van der Waals surface area contributed by atoms with Crippen LogP contribution in [0.5, 0.6) is 11.5 Å². The maximum absolute atomic E-state index is 5.84. The van der Waals surface area contributed by atoms with Crippen LogP contribution in [0.15, 0.2) is 48.7 Å². The summed E-state index contributed by atoms with van der Waals surface area (Å²) in [7, 11) is 0. The number of hydrogen-bond donors (Lipinski definition) is 0. The Morgan fingerprint density at radius 3 is 2.50 bits per heavy atom. The fraction of sp³-hybridized carbons (Fsp3) is 0.318. The Morgan fingerprint density at radius 1 is 0.964 bits per heavy atom. The molecule has 1 unspecified atom stereocenters. The lowest BCUT2D eigenvalue weighted by atomic mass is 10.1. The zero-order valence-corrected chi connectivity index (χ0v) is 16.9. The SMILES string of the molecule is Cc1c(N2CCN(c3ncc(-c4ccccc4)s3)CC2)ccc2c1OC(C)O2. The van der Waals surface area contributed by atoms with E-state index in [4.69, 9.17) is 9.47 Å². The Bertz CT molecular complexity index is 981. The summed E-state index contributed by atoms with van der Waals surface area (Å²) in [5.41, 5.74) is 3.63. The predicted octanol–water partition coefficient (Wildman–Crippen LogP) is 4.56. The van der Waals surface area contributed by atoms with Gasteiger partial charge in [0.05, 0.1) is 4.88 Å². The van der Waals surface area contributed by atoms with E-state index in [2.05, 4.69) is 52.0 Å². The maximum Gasteiger partial charge on any atom is 0.238 e. The molecule has 144 valence electrons. The molecule has 0 spiro atoms. The summed E-state index contributed by atoms with van der Waals surface area (Å²) in [5, 5.41) is 1.11. The number of aromatic nitrogens is 1. The third-order valence-corrected chi connectivity index (χ3v) is 6.47. The lowest BCUT2D eigenvalue weighted by molar-refractivity contribution is 0.0675. The van der Waals surface area contributed by atoms with Crippen molar-refractivity contribution in [2.45, 2.75) is 20.1 Å². The standard InChI is InChI=1S/C22H23N3O2S/c1-15-18(8-9-19-21(15)27-16(2)26-19)24-10-12-25(13-11-24)22-23-14-20(28-22)17-6-4-3-5-7-17/h3-9,14,16H,10-13H2,1-2H3. The van der Waals surface area contributed by atoms with Gasteiger partial charge in [0.25, 0.3) is 0 Å². The molecule has 6 heteroatoms. The molecular weight excluding hydrogens is 370 g/mol. The van der Waals surface area contributed by atoms with Crippen LogP contribution in [0.2, 0.25) is 0 Å². The highest BCUT2D eigenvalue weighted by Gasteiger charge is 2.27. The maximum atomic E-state index is 5.84. The number of anilines is 2. The fourth-order valence-electron chi connectivity index (χ4n) is 3.89. The molecule has 0 saturated carbocycles. The van der Waals surface area contributed by atoms with Crippen LogP contribution in [-0.2, 0) is 0 Å². The van der Waals surface area contributed by atoms with Gasteiger partial charge in [0.2, 0.25) is 6.29 Å². The smallest absolute Gasteiger partial charge is 0.238 e. The molecule has 3 heterocycles. The Kier molecular flexibility index (Phi) is 4.36. The van der Waals surface area contributed by atoms with Crippen LogP contribution in [-0.4, -0.2) is 37.5 Å². The highest BCUT2D eigenvalue weighted by molar-refractivity contribution is 7.18. The van der Waals surface area contributed by atoms with Crippen molar-refractivity contribution < 1.29 is 9.47 Å². The molecule has 0 aliphatic carbocycles. The molecule has 0 radical (unpaired) electrons. The Labute approximate surface area is 169 Å². The number of hydrogen-bond acceptors (Lipinski definition) is 6. The summed E-state index contributed by atoms with van der Waals surface area (Å²) in [6.45, 7) is 7.91. The van der Waals surface area contributed by atoms with Gasteiger partial charge in [0, 0.05) is 50.6 Å². The molecule has 5 nitrogen and oxygen atoms in total. The number of rotatable bonds is 3. The number of fused-ring (bicyclic) bond motifs is 1. The largest absolute Gasteiger partial charge is 0.451 e. The summed E-state index contributed by atoms with van der Waals surface area (Å²) in [6.07, 6.45) is 1.79. The number of piperazine rings is 1. The Hall–Kier alpha value is -2.73. The minimum Gasteiger partial charge on any atom is -0.451 e. The van der Waals surface area contributed by atoms with Crippen molar-refractivity contribution >= 4 is 22.2 Å². The Balaban J connectivity index is 1.29. The first-order chi connectivity index (χ1) is 13.7. The van der Waals surface area contributed by atoms with E-state index in [1.165, 1.54) is 16.1 Å². The first-order valence-corrected chi connectivity index (χ1v) is 10.5. The minimum absolute atomic E-state index is 0.204. The normalized spacial score (nSPS) is 18.6. The van der Waals surface area contributed by atoms with Crippen molar-refractivity contribution in [1.82, 2.24) is 4.98 Å². The van der Waals surface area contributed by atoms with Gasteiger partial charge in [-0.1, -0.05) is 41.7 Å². The number of thiazole rings is 1. The molecule has 2 aromatic carbocycles. The second-order valence-electron chi connectivity index (χ2n) is 7.19. The quantitative estimate of drug-likeness (QED) is 0.652. The molecule has 0 N–H and O–H groups in total. The molecule has 1 saturated heterocycles. The van der Waals surface area contributed by atoms with Gasteiger partial charge in [0.1, 0.15) is 0 Å². The van der Waals surface area contributed by atoms with E-state index in [-0.39, 0.29) is 6.29 Å². The van der Waals surface area contributed by atoms with E-state index in [9.17, 15) is 0 Å². The first kappa shape index (κ1) is 17.4. The molecule has 2 aliphatic heterocycles. The summed E-state index contributed by atoms with van der Waals surface area (Å²) in [5.74, 6) is 1.74. The van der Waals surface area contributed by atoms with Gasteiger partial charge < -0.3 is 19.3 Å². The van der Waals surface area contributed by atoms with Crippen LogP contribution >= 0.6 is 11.3 Å². The third-order valence-electron chi connectivity index (χ3n) is 5.36. The van der Waals surface area contributed by atoms with E-state index in [1.54, 1.807) is 11.3 Å². The predicted molar refractivity (Wildman–Crippen MR) is 114 cm³/mol. The van der Waals surface area contributed by atoms with Gasteiger partial charge in [-0.2, -0.15) is 0 Å². The second kappa shape index (κ2) is 7.02. The zero-order valence-electron chi connectivity index (χ0n) is 16.1. The molecule has 1 aromatic heterocycles. The van der Waals surface area contributed by atoms with Crippen LogP contribution in [0.25, 0.3) is 10.4 Å². The van der Waals surface area contributed by atoms with Crippen molar-refractivity contribution in [3.05, 3.63) is 54.2 Å². The van der Waals surface area contributed by atoms with E-state index >= 15 is 0 Å². The van der Waals surface area contributed by atoms with Crippen molar-refractivity contribution in [3.8, 4) is 21.9 Å². The fourth-order valence-corrected chi connectivity index (χ4v) is 4.87. The van der Waals surface area contributed by atoms with E-state index in [0.29, 0.717) is 0 Å². The molecule has 28 heavy (non-hydrogen) atoms. The van der Waals surface area contributed by atoms with Crippen molar-refractivity contribution in [3.63, 3.8) is 0 Å². The van der Waals surface area contributed by atoms with Crippen molar-refractivity contribution in [2.24, 2.45) is 0 Å². The molecule has 1 atom stereocenters. The van der Waals surface area contributed by atoms with Crippen LogP contribution in [0.3, 0.4) is 0 Å². The van der Waals surface area contributed by atoms with Crippen LogP contribution in [0.1, 0.15) is 12.5 Å². The van der Waals surface area contributed by atoms with Gasteiger partial charge in [-0.25, -0.2) is 4.98 Å². The molecule has 5 rings (SSSR count). The van der Waals surface area contributed by atoms with Gasteiger partial charge in [-0.3, -0.25) is 0 Å². The monoisotopic (exact) mass is 393 g/mol. The molecule has 0 bridgehead atoms. The molecular formula is C22H23N3O2S. The van der Waals surface area contributed by atoms with E-state index in [1.807, 2.05) is 25.3 Å². The molecule has 1 fully saturated rings. The third kappa shape index (κ3) is 3.07. The van der Waals surface area contributed by atoms with Gasteiger partial charge in [-0.05, 0) is 24.6 Å². The summed E-state index contributed by atoms with van der Waals surface area (Å²) < 4.78 is 11.5. The Morgan fingerprint density at radius 2 is 1.71 bits per heavy atom. The number of ether oxygens (including phenoxy) is 2. The average Bonchev–Trinajstić information content (AvgIpc) is 3.36. The number of nitrogens with zero attached hydrogens (tertiary/aromatic N) is 3. The topological polar surface area (TPSA) is 37.8 Å². The zero-order chi connectivity index (χ0) is 19.1. The molecule has 3 aromatic rings. The molecule has 0 amide bonds. The van der Waals surface area contributed by atoms with Gasteiger partial charge in [-0.15, -0.1) is 0 Å². The number of benzene rings is 2. The van der Waals surface area contributed by atoms with Gasteiger partial charge in [0.15, 0.2) is 16.6 Å². The highest BCUT2D eigenvalue weighted by Crippen LogP contribution is 2.42. The van der Waals surface area contributed by atoms with Crippen LogP contribution in [0, 0.1) is 6.92 Å². The minimum atomic E-state index is -0.204. The first-order valence-electron chi connectivity index (χ1n) is 9.67. The highest BCUT2D eigenvalue weighted by atomic mass is 32.1. The lowest BCUT2D eigenvalue weighted by Gasteiger charge is -2.36. The summed E-state index contributed by atoms with van der Waals surface area (Å²) in [4.78, 5) is 10.7. The van der Waals surface area contributed by atoms with Gasteiger partial charge >= 0.3 is 0 Å². The van der Waals surface area contributed by atoms with E-state index in [0.717, 1.165) is 48.4 Å². The molecule has 2 aliphatic rings. The van der Waals surface area contributed by atoms with E-state index < -0.39 is 0 Å². The van der Waals surface area contributed by atoms with Crippen LogP contribution in [0.4, 0.5) is 10.8 Å². The summed E-state index contributed by atoms with van der Waals surface area (Å²) >= 11 is 1.77. The average molecular weight is 394 g/mol. The second-order valence-corrected chi connectivity index (χ2v) is 8.20. The summed E-state index contributed by atoms with van der Waals surface area (Å²) in [6, 6.07) is 14.6. The van der Waals surface area contributed by atoms with Crippen LogP contribution < -0.4 is 19.3 Å². The van der Waals surface area contributed by atoms with Crippen molar-refractivity contribution in [2.75, 3.05) is 36.0 Å².